The van der Waals surface area contributed by atoms with E-state index in [2.05, 4.69) is 22.2 Å². The van der Waals surface area contributed by atoms with Crippen LogP contribution < -0.4 is 11.1 Å². The average molecular weight is 194 g/mol. The second-order valence-corrected chi connectivity index (χ2v) is 3.94. The van der Waals surface area contributed by atoms with Crippen LogP contribution in [0.15, 0.2) is 0 Å². The number of nitrogen functional groups attached to an aromatic ring is 1. The van der Waals surface area contributed by atoms with Crippen molar-refractivity contribution in [1.29, 1.82) is 0 Å². The highest BCUT2D eigenvalue weighted by atomic mass is 15.0. The smallest absolute Gasteiger partial charge is 0.197 e. The fraction of sp³-hybridized carbons (Fsp3) is 0.700. The second-order valence-electron chi connectivity index (χ2n) is 3.94. The van der Waals surface area contributed by atoms with Crippen LogP contribution in [0.1, 0.15) is 31.2 Å². The van der Waals surface area contributed by atoms with Gasteiger partial charge in [0, 0.05) is 18.2 Å². The highest BCUT2D eigenvalue weighted by Gasteiger charge is 2.20. The molecule has 0 saturated heterocycles. The summed E-state index contributed by atoms with van der Waals surface area (Å²) in [4.78, 5) is 7.39. The predicted molar refractivity (Wildman–Crippen MR) is 57.1 cm³/mol. The maximum atomic E-state index is 5.62. The molecular weight excluding hydrogens is 176 g/mol. The maximum absolute atomic E-state index is 5.62. The van der Waals surface area contributed by atoms with E-state index in [0.717, 1.165) is 25.1 Å². The van der Waals surface area contributed by atoms with Crippen molar-refractivity contribution in [1.82, 2.24) is 15.3 Å². The summed E-state index contributed by atoms with van der Waals surface area (Å²) >= 11 is 0. The number of hydrogen-bond donors (Lipinski definition) is 3. The molecule has 78 valence electrons. The number of anilines is 1. The van der Waals surface area contributed by atoms with E-state index in [9.17, 15) is 0 Å². The van der Waals surface area contributed by atoms with Crippen molar-refractivity contribution in [2.75, 3.05) is 12.3 Å². The third-order valence-electron chi connectivity index (χ3n) is 2.75. The number of rotatable bonds is 3. The number of aromatic amines is 1. The SMILES string of the molecule is CCCN[C@H]1CCc2nc(N)[nH]c2C1. The number of nitrogens with two attached hydrogens (primary N) is 1. The lowest BCUT2D eigenvalue weighted by molar-refractivity contribution is 0.453. The third kappa shape index (κ3) is 1.90. The van der Waals surface area contributed by atoms with Gasteiger partial charge in [0.15, 0.2) is 5.95 Å². The summed E-state index contributed by atoms with van der Waals surface area (Å²) in [6.45, 7) is 3.29. The number of aromatic nitrogens is 2. The molecule has 1 heterocycles. The van der Waals surface area contributed by atoms with E-state index < -0.39 is 0 Å². The van der Waals surface area contributed by atoms with Crippen LogP contribution in [0.25, 0.3) is 0 Å². The van der Waals surface area contributed by atoms with Gasteiger partial charge in [-0.3, -0.25) is 0 Å². The highest BCUT2D eigenvalue weighted by molar-refractivity contribution is 5.28. The van der Waals surface area contributed by atoms with Gasteiger partial charge in [-0.15, -0.1) is 0 Å². The van der Waals surface area contributed by atoms with E-state index in [1.165, 1.54) is 18.5 Å². The molecule has 0 aromatic carbocycles. The van der Waals surface area contributed by atoms with Gasteiger partial charge in [-0.05, 0) is 25.8 Å². The Morgan fingerprint density at radius 3 is 3.29 bits per heavy atom. The minimum absolute atomic E-state index is 0.561. The van der Waals surface area contributed by atoms with Crippen molar-refractivity contribution in [2.45, 2.75) is 38.6 Å². The minimum Gasteiger partial charge on any atom is -0.369 e. The summed E-state index contributed by atoms with van der Waals surface area (Å²) in [6, 6.07) is 0.599. The summed E-state index contributed by atoms with van der Waals surface area (Å²) in [6.07, 6.45) is 4.45. The van der Waals surface area contributed by atoms with Gasteiger partial charge in [-0.1, -0.05) is 6.92 Å². The van der Waals surface area contributed by atoms with Crippen LogP contribution in [-0.4, -0.2) is 22.6 Å². The summed E-state index contributed by atoms with van der Waals surface area (Å²) in [5, 5.41) is 3.53. The van der Waals surface area contributed by atoms with E-state index in [0.29, 0.717) is 12.0 Å². The first kappa shape index (κ1) is 9.52. The van der Waals surface area contributed by atoms with Gasteiger partial charge in [0.25, 0.3) is 0 Å². The molecule has 0 fully saturated rings. The van der Waals surface area contributed by atoms with Gasteiger partial charge in [0.05, 0.1) is 5.69 Å². The predicted octanol–water partition coefficient (Wildman–Crippen LogP) is 0.849. The molecule has 1 aliphatic carbocycles. The van der Waals surface area contributed by atoms with Crippen LogP contribution in [-0.2, 0) is 12.8 Å². The monoisotopic (exact) mass is 194 g/mol. The molecule has 14 heavy (non-hydrogen) atoms. The van der Waals surface area contributed by atoms with Gasteiger partial charge < -0.3 is 16.0 Å². The molecule has 0 spiro atoms. The normalized spacial score (nSPS) is 20.8. The number of hydrogen-bond acceptors (Lipinski definition) is 3. The molecule has 1 aromatic rings. The largest absolute Gasteiger partial charge is 0.369 e. The Hall–Kier alpha value is -1.03. The zero-order chi connectivity index (χ0) is 9.97. The summed E-state index contributed by atoms with van der Waals surface area (Å²) in [5.41, 5.74) is 8.01. The van der Waals surface area contributed by atoms with Crippen LogP contribution in [0.2, 0.25) is 0 Å². The lowest BCUT2D eigenvalue weighted by atomic mass is 9.96. The standard InChI is InChI=1S/C10H18N4/c1-2-5-12-7-3-4-8-9(6-7)14-10(11)13-8/h7,12H,2-6H2,1H3,(H3,11,13,14)/t7-/m0/s1. The number of nitrogens with one attached hydrogen (secondary N) is 2. The van der Waals surface area contributed by atoms with Crippen LogP contribution in [0, 0.1) is 0 Å². The molecular formula is C10H18N4. The molecule has 0 bridgehead atoms. The fourth-order valence-corrected chi connectivity index (χ4v) is 2.03. The number of H-pyrrole nitrogens is 1. The molecule has 4 heteroatoms. The summed E-state index contributed by atoms with van der Waals surface area (Å²) in [5.74, 6) is 0.561. The van der Waals surface area contributed by atoms with Crippen LogP contribution in [0.5, 0.6) is 0 Å². The van der Waals surface area contributed by atoms with Crippen LogP contribution in [0.3, 0.4) is 0 Å². The van der Waals surface area contributed by atoms with Gasteiger partial charge in [-0.2, -0.15) is 0 Å². The zero-order valence-electron chi connectivity index (χ0n) is 8.64. The van der Waals surface area contributed by atoms with Gasteiger partial charge in [0.2, 0.25) is 0 Å². The first-order valence-corrected chi connectivity index (χ1v) is 5.36. The number of fused-ring (bicyclic) bond motifs is 1. The van der Waals surface area contributed by atoms with Crippen molar-refractivity contribution < 1.29 is 0 Å². The number of aryl methyl sites for hydroxylation is 1. The maximum Gasteiger partial charge on any atom is 0.197 e. The van der Waals surface area contributed by atoms with Crippen molar-refractivity contribution in [2.24, 2.45) is 0 Å². The lowest BCUT2D eigenvalue weighted by Crippen LogP contribution is -2.35. The molecule has 4 N–H and O–H groups in total. The molecule has 1 aliphatic rings. The molecule has 2 rings (SSSR count). The highest BCUT2D eigenvalue weighted by Crippen LogP contribution is 2.19. The Morgan fingerprint density at radius 2 is 2.50 bits per heavy atom. The molecule has 1 atom stereocenters. The lowest BCUT2D eigenvalue weighted by Gasteiger charge is -2.22. The molecule has 0 unspecified atom stereocenters. The van der Waals surface area contributed by atoms with Crippen molar-refractivity contribution in [3.05, 3.63) is 11.4 Å². The van der Waals surface area contributed by atoms with Crippen molar-refractivity contribution >= 4 is 5.95 Å². The molecule has 1 aromatic heterocycles. The Kier molecular flexibility index (Phi) is 2.72. The van der Waals surface area contributed by atoms with Crippen molar-refractivity contribution in [3.8, 4) is 0 Å². The summed E-state index contributed by atoms with van der Waals surface area (Å²) < 4.78 is 0. The fourth-order valence-electron chi connectivity index (χ4n) is 2.03. The van der Waals surface area contributed by atoms with Gasteiger partial charge in [0.1, 0.15) is 0 Å². The van der Waals surface area contributed by atoms with E-state index in [1.54, 1.807) is 0 Å². The first-order chi connectivity index (χ1) is 6.79. The second kappa shape index (κ2) is 4.00. The number of nitrogens with zero attached hydrogens (tertiary/aromatic N) is 1. The van der Waals surface area contributed by atoms with E-state index in [1.807, 2.05) is 0 Å². The van der Waals surface area contributed by atoms with Crippen LogP contribution >= 0.6 is 0 Å². The van der Waals surface area contributed by atoms with E-state index >= 15 is 0 Å². The van der Waals surface area contributed by atoms with E-state index in [-0.39, 0.29) is 0 Å². The Labute approximate surface area is 84.3 Å². The van der Waals surface area contributed by atoms with Crippen LogP contribution in [0.4, 0.5) is 5.95 Å². The molecule has 0 radical (unpaired) electrons. The van der Waals surface area contributed by atoms with Gasteiger partial charge in [-0.25, -0.2) is 4.98 Å². The molecule has 0 amide bonds. The Morgan fingerprint density at radius 1 is 1.64 bits per heavy atom. The van der Waals surface area contributed by atoms with Crippen molar-refractivity contribution in [3.63, 3.8) is 0 Å². The topological polar surface area (TPSA) is 66.7 Å². The molecule has 0 aliphatic heterocycles. The quantitative estimate of drug-likeness (QED) is 0.668. The molecule has 0 saturated carbocycles. The Bertz CT molecular complexity index is 305. The Balaban J connectivity index is 1.98. The first-order valence-electron chi connectivity index (χ1n) is 5.36. The van der Waals surface area contributed by atoms with E-state index in [4.69, 9.17) is 5.73 Å². The molecule has 4 nitrogen and oxygen atoms in total. The zero-order valence-corrected chi connectivity index (χ0v) is 8.64. The summed E-state index contributed by atoms with van der Waals surface area (Å²) in [7, 11) is 0. The third-order valence-corrected chi connectivity index (χ3v) is 2.75. The average Bonchev–Trinajstić information content (AvgIpc) is 2.54. The number of imidazole rings is 1. The minimum atomic E-state index is 0.561. The van der Waals surface area contributed by atoms with Gasteiger partial charge >= 0.3 is 0 Å².